The summed E-state index contributed by atoms with van der Waals surface area (Å²) in [4.78, 5) is 19.1. The van der Waals surface area contributed by atoms with Crippen LogP contribution in [0.1, 0.15) is 98.5 Å². The highest BCUT2D eigenvalue weighted by Gasteiger charge is 2.84. The summed E-state index contributed by atoms with van der Waals surface area (Å²) < 4.78 is 19.6. The van der Waals surface area contributed by atoms with E-state index in [1.807, 2.05) is 17.0 Å². The van der Waals surface area contributed by atoms with Crippen LogP contribution in [0, 0.1) is 50.7 Å². The van der Waals surface area contributed by atoms with Crippen LogP contribution >= 0.6 is 0 Å². The first-order valence-electron chi connectivity index (χ1n) is 19.3. The topological polar surface area (TPSA) is 122 Å². The lowest BCUT2D eigenvalue weighted by Crippen LogP contribution is -2.60. The number of hydrogen-bond donors (Lipinski definition) is 3. The van der Waals surface area contributed by atoms with E-state index in [-0.39, 0.29) is 51.1 Å². The fourth-order valence-electron chi connectivity index (χ4n) is 14.0. The number of ether oxygens (including phenoxy) is 3. The fourth-order valence-corrected chi connectivity index (χ4v) is 14.0. The predicted octanol–water partition coefficient (Wildman–Crippen LogP) is 4.75. The Kier molecular flexibility index (Phi) is 8.22. The lowest BCUT2D eigenvalue weighted by atomic mass is 9.41. The Bertz CT molecular complexity index is 1420. The molecule has 1 aromatic rings. The molecule has 9 nitrogen and oxygen atoms in total. The minimum absolute atomic E-state index is 0.0364. The molecule has 1 amide bonds. The van der Waals surface area contributed by atoms with Crippen molar-refractivity contribution < 1.29 is 34.3 Å². The van der Waals surface area contributed by atoms with Crippen molar-refractivity contribution in [2.75, 3.05) is 19.7 Å². The number of fused-ring (bicyclic) bond motifs is 4. The molecule has 2 aliphatic heterocycles. The lowest BCUT2D eigenvalue weighted by Gasteiger charge is -2.64. The maximum absolute atomic E-state index is 13.2. The van der Waals surface area contributed by atoms with E-state index in [1.165, 1.54) is 12.8 Å². The van der Waals surface area contributed by atoms with Gasteiger partial charge < -0.3 is 34.4 Å². The van der Waals surface area contributed by atoms with Crippen LogP contribution < -0.4 is 0 Å². The van der Waals surface area contributed by atoms with Gasteiger partial charge in [-0.25, -0.2) is 0 Å². The predicted molar refractivity (Wildman–Crippen MR) is 183 cm³/mol. The van der Waals surface area contributed by atoms with E-state index >= 15 is 0 Å². The van der Waals surface area contributed by atoms with Crippen molar-refractivity contribution >= 4 is 5.91 Å². The van der Waals surface area contributed by atoms with Crippen molar-refractivity contribution in [1.82, 2.24) is 9.88 Å². The van der Waals surface area contributed by atoms with Gasteiger partial charge in [0.25, 0.3) is 0 Å². The van der Waals surface area contributed by atoms with Gasteiger partial charge in [0, 0.05) is 24.4 Å². The molecular weight excluding hydrogens is 620 g/mol. The smallest absolute Gasteiger partial charge is 0.227 e. The van der Waals surface area contributed by atoms with Gasteiger partial charge >= 0.3 is 0 Å². The second-order valence-electron chi connectivity index (χ2n) is 18.6. The van der Waals surface area contributed by atoms with Gasteiger partial charge in [0.1, 0.15) is 6.10 Å². The highest BCUT2D eigenvalue weighted by molar-refractivity contribution is 5.78. The number of aromatic nitrogens is 1. The monoisotopic (exact) mass is 680 g/mol. The highest BCUT2D eigenvalue weighted by atomic mass is 16.7. The largest absolute Gasteiger partial charge is 0.391 e. The van der Waals surface area contributed by atoms with Gasteiger partial charge in [-0.2, -0.15) is 0 Å². The minimum Gasteiger partial charge on any atom is -0.391 e. The molecular formula is C40H60N2O7. The van der Waals surface area contributed by atoms with Crippen molar-refractivity contribution in [2.45, 2.75) is 142 Å². The van der Waals surface area contributed by atoms with Crippen molar-refractivity contribution in [3.05, 3.63) is 30.1 Å². The summed E-state index contributed by atoms with van der Waals surface area (Å²) in [6.45, 7) is 15.1. The number of nitrogens with zero attached hydrogens (tertiary/aromatic N) is 2. The Morgan fingerprint density at radius 1 is 1.06 bits per heavy atom. The summed E-state index contributed by atoms with van der Waals surface area (Å²) in [6, 6.07) is 3.79. The molecule has 8 rings (SSSR count). The van der Waals surface area contributed by atoms with Gasteiger partial charge in [-0.3, -0.25) is 9.78 Å². The van der Waals surface area contributed by atoms with Crippen LogP contribution in [0.25, 0.3) is 0 Å². The highest BCUT2D eigenvalue weighted by Crippen LogP contribution is 2.89. The molecule has 15 unspecified atom stereocenters. The van der Waals surface area contributed by atoms with E-state index in [0.717, 1.165) is 37.7 Å². The van der Waals surface area contributed by atoms with Crippen molar-refractivity contribution in [2.24, 2.45) is 50.7 Å². The summed E-state index contributed by atoms with van der Waals surface area (Å²) in [6.07, 6.45) is 8.95. The van der Waals surface area contributed by atoms with Gasteiger partial charge in [0.2, 0.25) is 5.91 Å². The molecule has 5 saturated carbocycles. The van der Waals surface area contributed by atoms with Crippen LogP contribution in [0.5, 0.6) is 0 Å². The summed E-state index contributed by atoms with van der Waals surface area (Å²) in [5, 5.41) is 33.4. The first kappa shape index (κ1) is 34.5. The lowest BCUT2D eigenvalue weighted by molar-refractivity contribution is -0.248. The Morgan fingerprint density at radius 3 is 2.51 bits per heavy atom. The number of pyridine rings is 1. The molecule has 2 spiro atoms. The number of aliphatic hydroxyl groups is 3. The third-order valence-corrected chi connectivity index (χ3v) is 16.4. The average molecular weight is 681 g/mol. The SMILES string of the molecule is CC(O)C(O)C1CC(C)C2C(O1)C(O)C1(C)C3CCC4C(C)(C)C(OC5CN(C(=O)Cc6ccncc6)CCO5)CCC45CC35CCC21C. The van der Waals surface area contributed by atoms with Gasteiger partial charge in [-0.15, -0.1) is 0 Å². The Balaban J connectivity index is 0.984. The number of amides is 1. The molecule has 0 bridgehead atoms. The first-order chi connectivity index (χ1) is 23.2. The quantitative estimate of drug-likeness (QED) is 0.394. The van der Waals surface area contributed by atoms with Crippen LogP contribution in [0.3, 0.4) is 0 Å². The first-order valence-corrected chi connectivity index (χ1v) is 19.3. The second kappa shape index (κ2) is 11.7. The summed E-state index contributed by atoms with van der Waals surface area (Å²) in [5.74, 6) is 1.61. The molecule has 9 heteroatoms. The summed E-state index contributed by atoms with van der Waals surface area (Å²) in [5.41, 5.74) is 1.13. The van der Waals surface area contributed by atoms with E-state index in [9.17, 15) is 20.1 Å². The molecule has 1 aromatic heterocycles. The number of aliphatic hydroxyl groups excluding tert-OH is 3. The molecule has 5 aliphatic carbocycles. The standard InChI is InChI=1S/C40H60N2O7/c1-23-19-26(33(45)24(2)43)48-34-32(23)37(5)13-14-40-22-39(40)12-9-29(36(3,4)27(39)7-8-28(40)38(37,6)35(34)46)49-31-21-42(17-18-47-31)30(44)20-25-10-15-41-16-11-25/h10-11,15-16,23-24,26-29,31-35,43,45-46H,7-9,12-14,17-22H2,1-6H3. The van der Waals surface area contributed by atoms with E-state index in [4.69, 9.17) is 14.2 Å². The number of morpholine rings is 1. The third kappa shape index (κ3) is 4.77. The molecule has 272 valence electrons. The molecule has 2 saturated heterocycles. The van der Waals surface area contributed by atoms with E-state index < -0.39 is 30.7 Å². The van der Waals surface area contributed by atoms with Gasteiger partial charge in [0.15, 0.2) is 6.29 Å². The molecule has 0 aromatic carbocycles. The average Bonchev–Trinajstić information content (AvgIpc) is 3.71. The Morgan fingerprint density at radius 2 is 1.78 bits per heavy atom. The van der Waals surface area contributed by atoms with Crippen LogP contribution in [-0.4, -0.2) is 93.7 Å². The van der Waals surface area contributed by atoms with E-state index in [1.54, 1.807) is 19.3 Å². The number of carbonyl (C=O) groups is 1. The maximum atomic E-state index is 13.2. The fraction of sp³-hybridized carbons (Fsp3) is 0.850. The third-order valence-electron chi connectivity index (χ3n) is 16.4. The number of rotatable bonds is 6. The Labute approximate surface area is 292 Å². The number of hydrogen-bond acceptors (Lipinski definition) is 8. The van der Waals surface area contributed by atoms with Crippen molar-refractivity contribution in [1.29, 1.82) is 0 Å². The number of carbonyl (C=O) groups excluding carboxylic acids is 1. The van der Waals surface area contributed by atoms with Crippen LogP contribution in [0.15, 0.2) is 24.5 Å². The molecule has 3 N–H and O–H groups in total. The van der Waals surface area contributed by atoms with E-state index in [2.05, 4.69) is 39.6 Å². The zero-order valence-electron chi connectivity index (χ0n) is 30.5. The van der Waals surface area contributed by atoms with Crippen molar-refractivity contribution in [3.63, 3.8) is 0 Å². The Hall–Kier alpha value is -1.62. The van der Waals surface area contributed by atoms with Crippen molar-refractivity contribution in [3.8, 4) is 0 Å². The molecule has 15 atom stereocenters. The molecule has 0 radical (unpaired) electrons. The molecule has 49 heavy (non-hydrogen) atoms. The van der Waals surface area contributed by atoms with Crippen LogP contribution in [-0.2, 0) is 25.4 Å². The zero-order chi connectivity index (χ0) is 34.7. The van der Waals surface area contributed by atoms with E-state index in [0.29, 0.717) is 50.3 Å². The summed E-state index contributed by atoms with van der Waals surface area (Å²) >= 11 is 0. The van der Waals surface area contributed by atoms with Gasteiger partial charge in [-0.05, 0) is 121 Å². The summed E-state index contributed by atoms with van der Waals surface area (Å²) in [7, 11) is 0. The van der Waals surface area contributed by atoms with Gasteiger partial charge in [-0.1, -0.05) is 34.6 Å². The second-order valence-corrected chi connectivity index (χ2v) is 18.6. The normalized spacial score (nSPS) is 49.4. The molecule has 7 fully saturated rings. The molecule has 7 aliphatic rings. The molecule has 3 heterocycles. The van der Waals surface area contributed by atoms with Crippen LogP contribution in [0.2, 0.25) is 0 Å². The van der Waals surface area contributed by atoms with Crippen LogP contribution in [0.4, 0.5) is 0 Å². The maximum Gasteiger partial charge on any atom is 0.227 e. The minimum atomic E-state index is -0.943. The zero-order valence-corrected chi connectivity index (χ0v) is 30.5. The van der Waals surface area contributed by atoms with Gasteiger partial charge in [0.05, 0.1) is 50.1 Å².